The third kappa shape index (κ3) is 66.5. The standard InChI is InChI=1S/C75H126O6/c1-4-7-10-13-16-19-22-25-28-31-33-35-37-39-41-44-47-50-53-56-59-62-65-68-74(77)80-71-72(70-79-73(76)67-64-61-58-55-52-49-46-43-30-27-24-21-18-15-12-9-6-3)81-75(78)69-66-63-60-57-54-51-48-45-42-40-38-36-34-32-29-26-23-20-17-14-11-8-5-2/h7,9-10,12,16,18-19,21,23,25-28,30,32-35,39,41,72H,4-6,8,11,13-15,17,20,22,24,29,31,36-38,40,42-71H2,1-3H3/b10-7-,12-9-,19-16-,21-18-,26-23-,28-25-,30-27-,34-32-,35-33-,41-39-. The first-order valence-corrected chi connectivity index (χ1v) is 34.0. The summed E-state index contributed by atoms with van der Waals surface area (Å²) in [6.45, 7) is 6.41. The van der Waals surface area contributed by atoms with Crippen molar-refractivity contribution in [1.29, 1.82) is 0 Å². The van der Waals surface area contributed by atoms with Crippen molar-refractivity contribution in [2.45, 2.75) is 322 Å². The van der Waals surface area contributed by atoms with Gasteiger partial charge in [-0.3, -0.25) is 14.4 Å². The van der Waals surface area contributed by atoms with E-state index < -0.39 is 6.10 Å². The van der Waals surface area contributed by atoms with E-state index in [1.807, 2.05) is 0 Å². The van der Waals surface area contributed by atoms with Crippen molar-refractivity contribution in [3.05, 3.63) is 122 Å². The van der Waals surface area contributed by atoms with Crippen molar-refractivity contribution in [3.63, 3.8) is 0 Å². The molecule has 0 aromatic carbocycles. The Balaban J connectivity index is 4.41. The highest BCUT2D eigenvalue weighted by atomic mass is 16.6. The van der Waals surface area contributed by atoms with E-state index in [1.165, 1.54) is 148 Å². The molecule has 0 saturated carbocycles. The third-order valence-corrected chi connectivity index (χ3v) is 14.4. The molecular weight excluding hydrogens is 997 g/mol. The molecule has 0 aliphatic carbocycles. The van der Waals surface area contributed by atoms with Gasteiger partial charge in [-0.1, -0.05) is 290 Å². The third-order valence-electron chi connectivity index (χ3n) is 14.4. The highest BCUT2D eigenvalue weighted by Gasteiger charge is 2.19. The lowest BCUT2D eigenvalue weighted by Crippen LogP contribution is -2.30. The molecule has 6 nitrogen and oxygen atoms in total. The maximum absolute atomic E-state index is 13.0. The topological polar surface area (TPSA) is 78.9 Å². The number of hydrogen-bond donors (Lipinski definition) is 0. The fraction of sp³-hybridized carbons (Fsp3) is 0.693. The molecule has 1 atom stereocenters. The van der Waals surface area contributed by atoms with Crippen LogP contribution in [-0.2, 0) is 28.6 Å². The Morgan fingerprint density at radius 3 is 0.753 bits per heavy atom. The molecule has 0 bridgehead atoms. The van der Waals surface area contributed by atoms with Crippen molar-refractivity contribution >= 4 is 17.9 Å². The fourth-order valence-electron chi connectivity index (χ4n) is 9.40. The van der Waals surface area contributed by atoms with Crippen molar-refractivity contribution in [1.82, 2.24) is 0 Å². The molecule has 0 aliphatic rings. The largest absolute Gasteiger partial charge is 0.462 e. The summed E-state index contributed by atoms with van der Waals surface area (Å²) in [5.41, 5.74) is 0. The van der Waals surface area contributed by atoms with Crippen LogP contribution in [0.2, 0.25) is 0 Å². The van der Waals surface area contributed by atoms with E-state index in [4.69, 9.17) is 14.2 Å². The summed E-state index contributed by atoms with van der Waals surface area (Å²) in [5.74, 6) is -0.902. The first-order chi connectivity index (χ1) is 40.0. The highest BCUT2D eigenvalue weighted by Crippen LogP contribution is 2.16. The molecule has 0 aromatic rings. The molecule has 0 radical (unpaired) electrons. The molecule has 0 aromatic heterocycles. The molecule has 0 amide bonds. The first-order valence-electron chi connectivity index (χ1n) is 34.0. The summed E-state index contributed by atoms with van der Waals surface area (Å²) in [6, 6.07) is 0. The van der Waals surface area contributed by atoms with Crippen LogP contribution in [-0.4, -0.2) is 37.2 Å². The van der Waals surface area contributed by atoms with Crippen LogP contribution in [0, 0.1) is 0 Å². The zero-order valence-corrected chi connectivity index (χ0v) is 53.0. The second kappa shape index (κ2) is 68.3. The van der Waals surface area contributed by atoms with E-state index in [9.17, 15) is 14.4 Å². The van der Waals surface area contributed by atoms with Gasteiger partial charge in [-0.25, -0.2) is 0 Å². The fourth-order valence-corrected chi connectivity index (χ4v) is 9.40. The van der Waals surface area contributed by atoms with Gasteiger partial charge in [0, 0.05) is 19.3 Å². The Hall–Kier alpha value is -4.19. The summed E-state index contributed by atoms with van der Waals surface area (Å²) in [4.78, 5) is 38.5. The molecule has 81 heavy (non-hydrogen) atoms. The number of esters is 3. The summed E-state index contributed by atoms with van der Waals surface area (Å²) < 4.78 is 17.0. The Morgan fingerprint density at radius 1 is 0.259 bits per heavy atom. The molecule has 0 heterocycles. The average molecular weight is 1120 g/mol. The van der Waals surface area contributed by atoms with Gasteiger partial charge in [0.25, 0.3) is 0 Å². The number of rotatable bonds is 61. The summed E-state index contributed by atoms with van der Waals surface area (Å²) >= 11 is 0. The van der Waals surface area contributed by atoms with Gasteiger partial charge in [-0.05, 0) is 128 Å². The summed E-state index contributed by atoms with van der Waals surface area (Å²) in [7, 11) is 0. The molecule has 1 unspecified atom stereocenters. The smallest absolute Gasteiger partial charge is 0.306 e. The van der Waals surface area contributed by atoms with E-state index in [-0.39, 0.29) is 31.1 Å². The number of carbonyl (C=O) groups is 3. The van der Waals surface area contributed by atoms with E-state index in [2.05, 4.69) is 142 Å². The Labute approximate surface area is 501 Å². The van der Waals surface area contributed by atoms with Crippen molar-refractivity contribution in [2.24, 2.45) is 0 Å². The minimum Gasteiger partial charge on any atom is -0.462 e. The van der Waals surface area contributed by atoms with E-state index in [0.29, 0.717) is 19.3 Å². The lowest BCUT2D eigenvalue weighted by Gasteiger charge is -2.18. The molecule has 0 N–H and O–H groups in total. The van der Waals surface area contributed by atoms with E-state index in [0.717, 1.165) is 128 Å². The van der Waals surface area contributed by atoms with Gasteiger partial charge >= 0.3 is 17.9 Å². The average Bonchev–Trinajstić information content (AvgIpc) is 3.47. The second-order valence-corrected chi connectivity index (χ2v) is 22.3. The van der Waals surface area contributed by atoms with E-state index >= 15 is 0 Å². The predicted molar refractivity (Wildman–Crippen MR) is 353 cm³/mol. The van der Waals surface area contributed by atoms with Crippen molar-refractivity contribution < 1.29 is 28.6 Å². The maximum atomic E-state index is 13.0. The van der Waals surface area contributed by atoms with Crippen molar-refractivity contribution in [3.8, 4) is 0 Å². The summed E-state index contributed by atoms with van der Waals surface area (Å²) in [5, 5.41) is 0. The van der Waals surface area contributed by atoms with Crippen LogP contribution >= 0.6 is 0 Å². The van der Waals surface area contributed by atoms with Crippen LogP contribution in [0.1, 0.15) is 316 Å². The van der Waals surface area contributed by atoms with Crippen LogP contribution in [0.5, 0.6) is 0 Å². The van der Waals surface area contributed by atoms with Crippen LogP contribution in [0.3, 0.4) is 0 Å². The zero-order chi connectivity index (χ0) is 58.5. The van der Waals surface area contributed by atoms with Gasteiger partial charge in [-0.2, -0.15) is 0 Å². The SMILES string of the molecule is CC/C=C\C/C=C\C/C=C\C/C=C\C/C=C\CCCCCCCCCC(=O)OCC(COC(=O)CCCCCCCCC/C=C\C/C=C\C/C=C\CC)OC(=O)CCCCCCCCCCCCC/C=C\C/C=C\CCCCCCC. The first kappa shape index (κ1) is 76.8. The number of unbranched alkanes of at least 4 members (excludes halogenated alkanes) is 30. The Morgan fingerprint density at radius 2 is 0.481 bits per heavy atom. The molecule has 0 fully saturated rings. The lowest BCUT2D eigenvalue weighted by molar-refractivity contribution is -0.167. The summed E-state index contributed by atoms with van der Waals surface area (Å²) in [6.07, 6.45) is 94.9. The van der Waals surface area contributed by atoms with Crippen LogP contribution in [0.4, 0.5) is 0 Å². The minimum absolute atomic E-state index is 0.0891. The van der Waals surface area contributed by atoms with Gasteiger partial charge in [-0.15, -0.1) is 0 Å². The normalized spacial score (nSPS) is 12.9. The number of carbonyl (C=O) groups excluding carboxylic acids is 3. The Kier molecular flexibility index (Phi) is 64.8. The van der Waals surface area contributed by atoms with Gasteiger partial charge in [0.05, 0.1) is 0 Å². The van der Waals surface area contributed by atoms with Gasteiger partial charge in [0.15, 0.2) is 6.10 Å². The molecular formula is C75H126O6. The molecule has 0 aliphatic heterocycles. The zero-order valence-electron chi connectivity index (χ0n) is 53.0. The maximum Gasteiger partial charge on any atom is 0.306 e. The number of ether oxygens (including phenoxy) is 3. The number of hydrogen-bond acceptors (Lipinski definition) is 6. The van der Waals surface area contributed by atoms with Gasteiger partial charge in [0.1, 0.15) is 13.2 Å². The van der Waals surface area contributed by atoms with Gasteiger partial charge < -0.3 is 14.2 Å². The lowest BCUT2D eigenvalue weighted by atomic mass is 10.0. The van der Waals surface area contributed by atoms with Crippen molar-refractivity contribution in [2.75, 3.05) is 13.2 Å². The molecule has 0 rings (SSSR count). The quantitative estimate of drug-likeness (QED) is 0.0261. The highest BCUT2D eigenvalue weighted by molar-refractivity contribution is 5.71. The monoisotopic (exact) mass is 1120 g/mol. The second-order valence-electron chi connectivity index (χ2n) is 22.3. The Bertz CT molecular complexity index is 1670. The van der Waals surface area contributed by atoms with Crippen LogP contribution in [0.25, 0.3) is 0 Å². The predicted octanol–water partition coefficient (Wildman–Crippen LogP) is 23.6. The number of allylic oxidation sites excluding steroid dienone is 20. The van der Waals surface area contributed by atoms with Gasteiger partial charge in [0.2, 0.25) is 0 Å². The van der Waals surface area contributed by atoms with Crippen LogP contribution < -0.4 is 0 Å². The molecule has 0 saturated heterocycles. The molecule has 0 spiro atoms. The molecule has 462 valence electrons. The molecule has 6 heteroatoms. The minimum atomic E-state index is -0.794. The van der Waals surface area contributed by atoms with E-state index in [1.54, 1.807) is 0 Å². The van der Waals surface area contributed by atoms with Crippen LogP contribution in [0.15, 0.2) is 122 Å².